The van der Waals surface area contributed by atoms with Gasteiger partial charge in [0.2, 0.25) is 0 Å². The molecule has 0 spiro atoms. The van der Waals surface area contributed by atoms with Gasteiger partial charge < -0.3 is 4.74 Å². The van der Waals surface area contributed by atoms with Crippen molar-refractivity contribution in [3.63, 3.8) is 0 Å². The number of nitrogens with zero attached hydrogens (tertiary/aromatic N) is 1. The van der Waals surface area contributed by atoms with E-state index in [1.807, 2.05) is 6.92 Å². The highest BCUT2D eigenvalue weighted by molar-refractivity contribution is 7.87. The molecule has 0 bridgehead atoms. The van der Waals surface area contributed by atoms with Crippen LogP contribution in [-0.4, -0.2) is 45.4 Å². The third kappa shape index (κ3) is 6.04. The quantitative estimate of drug-likeness (QED) is 0.622. The van der Waals surface area contributed by atoms with E-state index in [1.54, 1.807) is 6.92 Å². The fourth-order valence-corrected chi connectivity index (χ4v) is 1.96. The summed E-state index contributed by atoms with van der Waals surface area (Å²) >= 11 is 0. The van der Waals surface area contributed by atoms with Gasteiger partial charge in [-0.25, -0.2) is 4.72 Å². The van der Waals surface area contributed by atoms with E-state index in [1.165, 1.54) is 7.05 Å². The Labute approximate surface area is 97.1 Å². The van der Waals surface area contributed by atoms with Gasteiger partial charge in [-0.05, 0) is 13.3 Å². The summed E-state index contributed by atoms with van der Waals surface area (Å²) in [4.78, 5) is 11.0. The highest BCUT2D eigenvalue weighted by Gasteiger charge is 2.17. The number of hydrogen-bond donors (Lipinski definition) is 1. The van der Waals surface area contributed by atoms with Crippen LogP contribution in [-0.2, 0) is 19.7 Å². The molecule has 96 valence electrons. The predicted molar refractivity (Wildman–Crippen MR) is 61.1 cm³/mol. The molecule has 0 aliphatic heterocycles. The molecule has 0 aromatic heterocycles. The molecule has 0 atom stereocenters. The fourth-order valence-electron chi connectivity index (χ4n) is 0.943. The third-order valence-corrected chi connectivity index (χ3v) is 3.45. The summed E-state index contributed by atoms with van der Waals surface area (Å²) in [6.07, 6.45) is 0.794. The number of esters is 1. The van der Waals surface area contributed by atoms with Gasteiger partial charge in [0.05, 0.1) is 13.0 Å². The molecule has 7 heteroatoms. The lowest BCUT2D eigenvalue weighted by molar-refractivity contribution is -0.143. The SMILES string of the molecule is CCCNS(=O)(=O)N(C)CCC(=O)OCC. The summed E-state index contributed by atoms with van der Waals surface area (Å²) in [6, 6.07) is 0. The Morgan fingerprint density at radius 3 is 2.50 bits per heavy atom. The van der Waals surface area contributed by atoms with E-state index in [0.717, 1.165) is 10.7 Å². The molecule has 0 aliphatic carbocycles. The Kier molecular flexibility index (Phi) is 7.27. The van der Waals surface area contributed by atoms with Crippen LogP contribution in [0.15, 0.2) is 0 Å². The molecule has 0 saturated heterocycles. The maximum Gasteiger partial charge on any atom is 0.307 e. The summed E-state index contributed by atoms with van der Waals surface area (Å²) in [5, 5.41) is 0. The van der Waals surface area contributed by atoms with Crippen molar-refractivity contribution in [2.24, 2.45) is 0 Å². The fraction of sp³-hybridized carbons (Fsp3) is 0.889. The van der Waals surface area contributed by atoms with E-state index in [2.05, 4.69) is 4.72 Å². The van der Waals surface area contributed by atoms with Crippen molar-refractivity contribution < 1.29 is 17.9 Å². The summed E-state index contributed by atoms with van der Waals surface area (Å²) in [5.74, 6) is -0.389. The first-order valence-electron chi connectivity index (χ1n) is 5.30. The van der Waals surface area contributed by atoms with Gasteiger partial charge >= 0.3 is 5.97 Å². The van der Waals surface area contributed by atoms with Crippen LogP contribution in [0.3, 0.4) is 0 Å². The highest BCUT2D eigenvalue weighted by atomic mass is 32.2. The van der Waals surface area contributed by atoms with E-state index in [4.69, 9.17) is 4.74 Å². The molecule has 0 aromatic rings. The van der Waals surface area contributed by atoms with Crippen molar-refractivity contribution in [2.75, 3.05) is 26.7 Å². The minimum atomic E-state index is -3.46. The largest absolute Gasteiger partial charge is 0.466 e. The van der Waals surface area contributed by atoms with Crippen molar-refractivity contribution in [1.29, 1.82) is 0 Å². The average molecular weight is 252 g/mol. The second kappa shape index (κ2) is 7.59. The lowest BCUT2D eigenvalue weighted by Gasteiger charge is -2.16. The lowest BCUT2D eigenvalue weighted by atomic mass is 10.4. The number of carbonyl (C=O) groups is 1. The minimum absolute atomic E-state index is 0.0668. The van der Waals surface area contributed by atoms with Crippen LogP contribution in [0.5, 0.6) is 0 Å². The number of hydrogen-bond acceptors (Lipinski definition) is 4. The molecular formula is C9H20N2O4S. The van der Waals surface area contributed by atoms with Gasteiger partial charge in [0.1, 0.15) is 0 Å². The maximum absolute atomic E-state index is 11.5. The molecule has 0 heterocycles. The lowest BCUT2D eigenvalue weighted by Crippen LogP contribution is -2.39. The van der Waals surface area contributed by atoms with Gasteiger partial charge in [-0.15, -0.1) is 0 Å². The van der Waals surface area contributed by atoms with Crippen molar-refractivity contribution >= 4 is 16.2 Å². The molecule has 1 N–H and O–H groups in total. The summed E-state index contributed by atoms with van der Waals surface area (Å²) < 4.78 is 31.3. The van der Waals surface area contributed by atoms with Gasteiger partial charge in [0.25, 0.3) is 10.2 Å². The van der Waals surface area contributed by atoms with Crippen molar-refractivity contribution in [2.45, 2.75) is 26.7 Å². The molecule has 16 heavy (non-hydrogen) atoms. The first-order valence-corrected chi connectivity index (χ1v) is 6.74. The monoisotopic (exact) mass is 252 g/mol. The van der Waals surface area contributed by atoms with Crippen LogP contribution < -0.4 is 4.72 Å². The van der Waals surface area contributed by atoms with E-state index in [9.17, 15) is 13.2 Å². The molecule has 0 unspecified atom stereocenters. The van der Waals surface area contributed by atoms with Crippen LogP contribution in [0.25, 0.3) is 0 Å². The standard InChI is InChI=1S/C9H20N2O4S/c1-4-7-10-16(13,14)11(3)8-6-9(12)15-5-2/h10H,4-8H2,1-3H3. The van der Waals surface area contributed by atoms with Crippen molar-refractivity contribution in [3.05, 3.63) is 0 Å². The predicted octanol–water partition coefficient (Wildman–Crippen LogP) is 0.116. The van der Waals surface area contributed by atoms with Gasteiger partial charge in [0, 0.05) is 20.1 Å². The number of ether oxygens (including phenoxy) is 1. The van der Waals surface area contributed by atoms with Crippen LogP contribution in [0, 0.1) is 0 Å². The summed E-state index contributed by atoms with van der Waals surface area (Å²) in [7, 11) is -2.03. The molecule has 0 saturated carbocycles. The van der Waals surface area contributed by atoms with E-state index in [-0.39, 0.29) is 18.9 Å². The Balaban J connectivity index is 4.04. The topological polar surface area (TPSA) is 75.7 Å². The Morgan fingerprint density at radius 1 is 1.38 bits per heavy atom. The zero-order chi connectivity index (χ0) is 12.6. The molecule has 6 nitrogen and oxygen atoms in total. The second-order valence-corrected chi connectivity index (χ2v) is 5.14. The van der Waals surface area contributed by atoms with Crippen LogP contribution >= 0.6 is 0 Å². The van der Waals surface area contributed by atoms with Gasteiger partial charge in [0.15, 0.2) is 0 Å². The molecule has 0 aliphatic rings. The number of rotatable bonds is 8. The molecule has 0 aromatic carbocycles. The highest BCUT2D eigenvalue weighted by Crippen LogP contribution is 1.97. The first kappa shape index (κ1) is 15.3. The normalized spacial score (nSPS) is 11.8. The van der Waals surface area contributed by atoms with Gasteiger partial charge in [-0.1, -0.05) is 6.92 Å². The molecule has 0 radical (unpaired) electrons. The van der Waals surface area contributed by atoms with E-state index < -0.39 is 10.2 Å². The average Bonchev–Trinajstić information content (AvgIpc) is 2.23. The van der Waals surface area contributed by atoms with Crippen molar-refractivity contribution in [1.82, 2.24) is 9.03 Å². The second-order valence-electron chi connectivity index (χ2n) is 3.28. The van der Waals surface area contributed by atoms with Gasteiger partial charge in [-0.3, -0.25) is 4.79 Å². The van der Waals surface area contributed by atoms with Crippen molar-refractivity contribution in [3.8, 4) is 0 Å². The van der Waals surface area contributed by atoms with Crippen LogP contribution in [0.1, 0.15) is 26.7 Å². The van der Waals surface area contributed by atoms with E-state index in [0.29, 0.717) is 13.2 Å². The molecule has 0 fully saturated rings. The zero-order valence-corrected chi connectivity index (χ0v) is 10.8. The smallest absolute Gasteiger partial charge is 0.307 e. The Bertz CT molecular complexity index is 303. The summed E-state index contributed by atoms with van der Waals surface area (Å²) in [6.45, 7) is 4.41. The Morgan fingerprint density at radius 2 is 2.00 bits per heavy atom. The van der Waals surface area contributed by atoms with Gasteiger partial charge in [-0.2, -0.15) is 12.7 Å². The first-order chi connectivity index (χ1) is 7.44. The molecule has 0 amide bonds. The zero-order valence-electron chi connectivity index (χ0n) is 10.0. The Hall–Kier alpha value is -0.660. The molecular weight excluding hydrogens is 232 g/mol. The van der Waals surface area contributed by atoms with Crippen LogP contribution in [0.4, 0.5) is 0 Å². The summed E-state index contributed by atoms with van der Waals surface area (Å²) in [5.41, 5.74) is 0. The number of nitrogens with one attached hydrogen (secondary N) is 1. The minimum Gasteiger partial charge on any atom is -0.466 e. The van der Waals surface area contributed by atoms with E-state index >= 15 is 0 Å². The maximum atomic E-state index is 11.5. The molecule has 0 rings (SSSR count). The third-order valence-electron chi connectivity index (χ3n) is 1.88. The van der Waals surface area contributed by atoms with Crippen LogP contribution in [0.2, 0.25) is 0 Å². The number of carbonyl (C=O) groups excluding carboxylic acids is 1.